The van der Waals surface area contributed by atoms with Gasteiger partial charge in [0.2, 0.25) is 0 Å². The monoisotopic (exact) mass is 223 g/mol. The van der Waals surface area contributed by atoms with Crippen molar-refractivity contribution in [1.82, 2.24) is 14.4 Å². The van der Waals surface area contributed by atoms with Gasteiger partial charge >= 0.3 is 0 Å². The highest BCUT2D eigenvalue weighted by atomic mass is 16.1. The third kappa shape index (κ3) is 1.50. The Kier molecular flexibility index (Phi) is 2.19. The standard InChI is InChI=1S/C13H9N3O/c17-9-11-13(10-4-3-6-14-8-10)16-7-2-1-5-12(16)15-11/h1-9H. The first kappa shape index (κ1) is 9.72. The Morgan fingerprint density at radius 3 is 2.88 bits per heavy atom. The molecule has 3 aromatic rings. The van der Waals surface area contributed by atoms with Crippen LogP contribution in [0.5, 0.6) is 0 Å². The van der Waals surface area contributed by atoms with Gasteiger partial charge in [0.05, 0.1) is 5.69 Å². The summed E-state index contributed by atoms with van der Waals surface area (Å²) in [5, 5.41) is 0. The molecular weight excluding hydrogens is 214 g/mol. The van der Waals surface area contributed by atoms with E-state index in [0.717, 1.165) is 23.2 Å². The van der Waals surface area contributed by atoms with E-state index >= 15 is 0 Å². The lowest BCUT2D eigenvalue weighted by molar-refractivity contribution is 0.112. The number of aldehydes is 1. The van der Waals surface area contributed by atoms with Crippen molar-refractivity contribution in [3.05, 3.63) is 54.6 Å². The summed E-state index contributed by atoms with van der Waals surface area (Å²) in [7, 11) is 0. The van der Waals surface area contributed by atoms with Crippen LogP contribution in [-0.2, 0) is 0 Å². The number of carbonyl (C=O) groups excluding carboxylic acids is 1. The number of fused-ring (bicyclic) bond motifs is 1. The average Bonchev–Trinajstić information content (AvgIpc) is 2.78. The fraction of sp³-hybridized carbons (Fsp3) is 0. The number of carbonyl (C=O) groups is 1. The Morgan fingerprint density at radius 2 is 2.12 bits per heavy atom. The highest BCUT2D eigenvalue weighted by molar-refractivity contribution is 5.85. The quantitative estimate of drug-likeness (QED) is 0.626. The molecule has 0 atom stereocenters. The molecule has 0 aliphatic heterocycles. The fourth-order valence-corrected chi connectivity index (χ4v) is 1.89. The molecule has 3 heterocycles. The van der Waals surface area contributed by atoms with E-state index in [1.165, 1.54) is 0 Å². The molecule has 17 heavy (non-hydrogen) atoms. The van der Waals surface area contributed by atoms with Gasteiger partial charge in [-0.1, -0.05) is 6.07 Å². The predicted molar refractivity (Wildman–Crippen MR) is 63.8 cm³/mol. The van der Waals surface area contributed by atoms with Crippen molar-refractivity contribution >= 4 is 11.9 Å². The normalized spacial score (nSPS) is 10.6. The molecule has 0 aromatic carbocycles. The van der Waals surface area contributed by atoms with E-state index in [0.29, 0.717) is 5.69 Å². The molecule has 3 rings (SSSR count). The van der Waals surface area contributed by atoms with Crippen LogP contribution in [0, 0.1) is 0 Å². The summed E-state index contributed by atoms with van der Waals surface area (Å²) < 4.78 is 1.89. The molecule has 0 N–H and O–H groups in total. The van der Waals surface area contributed by atoms with E-state index in [9.17, 15) is 4.79 Å². The predicted octanol–water partition coefficient (Wildman–Crippen LogP) is 2.21. The van der Waals surface area contributed by atoms with Crippen LogP contribution >= 0.6 is 0 Å². The van der Waals surface area contributed by atoms with Crippen molar-refractivity contribution in [2.24, 2.45) is 0 Å². The number of hydrogen-bond donors (Lipinski definition) is 0. The Morgan fingerprint density at radius 1 is 1.18 bits per heavy atom. The van der Waals surface area contributed by atoms with Gasteiger partial charge in [-0.05, 0) is 24.3 Å². The zero-order chi connectivity index (χ0) is 11.7. The van der Waals surface area contributed by atoms with Crippen molar-refractivity contribution in [3.8, 4) is 11.3 Å². The summed E-state index contributed by atoms with van der Waals surface area (Å²) in [6, 6.07) is 9.42. The summed E-state index contributed by atoms with van der Waals surface area (Å²) in [6.07, 6.45) is 6.09. The first-order chi connectivity index (χ1) is 8.40. The molecule has 3 aromatic heterocycles. The lowest BCUT2D eigenvalue weighted by atomic mass is 10.2. The van der Waals surface area contributed by atoms with E-state index in [1.54, 1.807) is 12.4 Å². The maximum atomic E-state index is 11.1. The molecule has 0 spiro atoms. The zero-order valence-electron chi connectivity index (χ0n) is 8.95. The molecule has 0 bridgehead atoms. The minimum atomic E-state index is 0.434. The van der Waals surface area contributed by atoms with Gasteiger partial charge in [-0.25, -0.2) is 4.98 Å². The summed E-state index contributed by atoms with van der Waals surface area (Å²) in [4.78, 5) is 19.4. The molecule has 0 fully saturated rings. The van der Waals surface area contributed by atoms with Gasteiger partial charge in [-0.2, -0.15) is 0 Å². The van der Waals surface area contributed by atoms with Crippen LogP contribution in [-0.4, -0.2) is 20.7 Å². The van der Waals surface area contributed by atoms with Gasteiger partial charge in [0.1, 0.15) is 11.3 Å². The van der Waals surface area contributed by atoms with Crippen LogP contribution < -0.4 is 0 Å². The second kappa shape index (κ2) is 3.83. The van der Waals surface area contributed by atoms with Gasteiger partial charge in [0.15, 0.2) is 6.29 Å². The first-order valence-corrected chi connectivity index (χ1v) is 5.23. The van der Waals surface area contributed by atoms with Crippen molar-refractivity contribution in [1.29, 1.82) is 0 Å². The fourth-order valence-electron chi connectivity index (χ4n) is 1.89. The second-order valence-corrected chi connectivity index (χ2v) is 3.63. The molecule has 0 saturated heterocycles. The van der Waals surface area contributed by atoms with Crippen molar-refractivity contribution in [2.75, 3.05) is 0 Å². The highest BCUT2D eigenvalue weighted by Crippen LogP contribution is 2.23. The summed E-state index contributed by atoms with van der Waals surface area (Å²) in [5.41, 5.74) is 2.86. The molecule has 0 saturated carbocycles. The maximum Gasteiger partial charge on any atom is 0.170 e. The maximum absolute atomic E-state index is 11.1. The molecule has 0 radical (unpaired) electrons. The SMILES string of the molecule is O=Cc1nc2ccccn2c1-c1cccnc1. The smallest absolute Gasteiger partial charge is 0.170 e. The van der Waals surface area contributed by atoms with Crippen LogP contribution in [0.1, 0.15) is 10.5 Å². The van der Waals surface area contributed by atoms with E-state index in [-0.39, 0.29) is 0 Å². The Balaban J connectivity index is 2.38. The largest absolute Gasteiger partial charge is 0.299 e. The molecule has 0 amide bonds. The number of pyridine rings is 2. The van der Waals surface area contributed by atoms with Gasteiger partial charge in [0, 0.05) is 24.2 Å². The van der Waals surface area contributed by atoms with Gasteiger partial charge in [-0.15, -0.1) is 0 Å². The third-order valence-electron chi connectivity index (χ3n) is 2.60. The minimum Gasteiger partial charge on any atom is -0.299 e. The average molecular weight is 223 g/mol. The Labute approximate surface area is 97.6 Å². The van der Waals surface area contributed by atoms with Crippen molar-refractivity contribution in [2.45, 2.75) is 0 Å². The molecular formula is C13H9N3O. The van der Waals surface area contributed by atoms with Crippen LogP contribution in [0.25, 0.3) is 16.9 Å². The molecule has 0 aliphatic rings. The van der Waals surface area contributed by atoms with Gasteiger partial charge in [-0.3, -0.25) is 14.2 Å². The number of imidazole rings is 1. The topological polar surface area (TPSA) is 47.3 Å². The van der Waals surface area contributed by atoms with Crippen molar-refractivity contribution in [3.63, 3.8) is 0 Å². The van der Waals surface area contributed by atoms with E-state index < -0.39 is 0 Å². The highest BCUT2D eigenvalue weighted by Gasteiger charge is 2.12. The van der Waals surface area contributed by atoms with Gasteiger partial charge < -0.3 is 0 Å². The lowest BCUT2D eigenvalue weighted by Crippen LogP contribution is -1.90. The molecule has 82 valence electrons. The second-order valence-electron chi connectivity index (χ2n) is 3.63. The van der Waals surface area contributed by atoms with Crippen LogP contribution in [0.2, 0.25) is 0 Å². The number of nitrogens with zero attached hydrogens (tertiary/aromatic N) is 3. The Bertz CT molecular complexity index is 673. The molecule has 0 unspecified atom stereocenters. The Hall–Kier alpha value is -2.49. The third-order valence-corrected chi connectivity index (χ3v) is 2.60. The number of rotatable bonds is 2. The number of aromatic nitrogens is 3. The molecule has 4 heteroatoms. The number of hydrogen-bond acceptors (Lipinski definition) is 3. The lowest BCUT2D eigenvalue weighted by Gasteiger charge is -2.01. The van der Waals surface area contributed by atoms with Crippen LogP contribution in [0.15, 0.2) is 48.9 Å². The minimum absolute atomic E-state index is 0.434. The van der Waals surface area contributed by atoms with Gasteiger partial charge in [0.25, 0.3) is 0 Å². The summed E-state index contributed by atoms with van der Waals surface area (Å²) in [5.74, 6) is 0. The van der Waals surface area contributed by atoms with E-state index in [2.05, 4.69) is 9.97 Å². The van der Waals surface area contributed by atoms with E-state index in [4.69, 9.17) is 0 Å². The first-order valence-electron chi connectivity index (χ1n) is 5.23. The van der Waals surface area contributed by atoms with Crippen LogP contribution in [0.4, 0.5) is 0 Å². The molecule has 0 aliphatic carbocycles. The summed E-state index contributed by atoms with van der Waals surface area (Å²) in [6.45, 7) is 0. The summed E-state index contributed by atoms with van der Waals surface area (Å²) >= 11 is 0. The molecule has 4 nitrogen and oxygen atoms in total. The van der Waals surface area contributed by atoms with Crippen LogP contribution in [0.3, 0.4) is 0 Å². The van der Waals surface area contributed by atoms with E-state index in [1.807, 2.05) is 40.9 Å². The zero-order valence-corrected chi connectivity index (χ0v) is 8.95. The van der Waals surface area contributed by atoms with Crippen molar-refractivity contribution < 1.29 is 4.79 Å².